The van der Waals surface area contributed by atoms with Gasteiger partial charge in [-0.05, 0) is 35.1 Å². The summed E-state index contributed by atoms with van der Waals surface area (Å²) in [5.41, 5.74) is 4.08. The first-order valence-corrected chi connectivity index (χ1v) is 10.8. The van der Waals surface area contributed by atoms with Crippen molar-refractivity contribution in [3.63, 3.8) is 0 Å². The number of carbonyl (C=O) groups is 4. The van der Waals surface area contributed by atoms with Crippen molar-refractivity contribution in [2.24, 2.45) is 0 Å². The highest BCUT2D eigenvalue weighted by Gasteiger charge is 2.37. The maximum Gasteiger partial charge on any atom is 0.322 e. The van der Waals surface area contributed by atoms with Gasteiger partial charge in [0.15, 0.2) is 0 Å². The van der Waals surface area contributed by atoms with Crippen molar-refractivity contribution < 1.29 is 19.2 Å². The van der Waals surface area contributed by atoms with E-state index >= 15 is 0 Å². The van der Waals surface area contributed by atoms with Crippen molar-refractivity contribution in [2.75, 3.05) is 0 Å². The Kier molecular flexibility index (Phi) is 6.20. The molecule has 2 aliphatic rings. The molecule has 0 saturated carbocycles. The Morgan fingerprint density at radius 2 is 1.78 bits per heavy atom. The van der Waals surface area contributed by atoms with E-state index in [1.165, 1.54) is 5.56 Å². The lowest BCUT2D eigenvalue weighted by Gasteiger charge is -2.27. The lowest BCUT2D eigenvalue weighted by Crippen LogP contribution is -2.58. The molecule has 2 aromatic rings. The highest BCUT2D eigenvalue weighted by molar-refractivity contribution is 6.02. The molecule has 1 heterocycles. The van der Waals surface area contributed by atoms with Crippen molar-refractivity contribution >= 4 is 23.8 Å². The average Bonchev–Trinajstić information content (AvgIpc) is 3.10. The van der Waals surface area contributed by atoms with E-state index in [1.54, 1.807) is 0 Å². The molecule has 3 atom stereocenters. The highest BCUT2D eigenvalue weighted by Crippen LogP contribution is 2.31. The van der Waals surface area contributed by atoms with E-state index in [0.717, 1.165) is 23.1 Å². The molecule has 1 saturated heterocycles. The van der Waals surface area contributed by atoms with Gasteiger partial charge in [-0.25, -0.2) is 4.79 Å². The molecule has 166 valence electrons. The van der Waals surface area contributed by atoms with Crippen LogP contribution in [0.4, 0.5) is 4.79 Å². The zero-order valence-electron chi connectivity index (χ0n) is 17.8. The summed E-state index contributed by atoms with van der Waals surface area (Å²) in [4.78, 5) is 48.9. The zero-order chi connectivity index (χ0) is 22.7. The van der Waals surface area contributed by atoms with Gasteiger partial charge < -0.3 is 16.0 Å². The van der Waals surface area contributed by atoms with E-state index in [2.05, 4.69) is 28.2 Å². The van der Waals surface area contributed by atoms with Crippen molar-refractivity contribution in [3.05, 3.63) is 70.8 Å². The second kappa shape index (κ2) is 9.21. The van der Waals surface area contributed by atoms with E-state index in [9.17, 15) is 19.2 Å². The number of rotatable bonds is 6. The maximum atomic E-state index is 12.8. The van der Waals surface area contributed by atoms with E-state index in [-0.39, 0.29) is 24.8 Å². The fourth-order valence-electron chi connectivity index (χ4n) is 4.33. The Balaban J connectivity index is 1.47. The Hall–Kier alpha value is -3.68. The van der Waals surface area contributed by atoms with Gasteiger partial charge in [0.1, 0.15) is 6.04 Å². The van der Waals surface area contributed by atoms with Crippen LogP contribution in [0.2, 0.25) is 0 Å². The summed E-state index contributed by atoms with van der Waals surface area (Å²) >= 11 is 0. The molecule has 4 N–H and O–H groups in total. The van der Waals surface area contributed by atoms with Gasteiger partial charge in [-0.1, -0.05) is 55.5 Å². The van der Waals surface area contributed by atoms with E-state index in [1.807, 2.05) is 48.5 Å². The summed E-state index contributed by atoms with van der Waals surface area (Å²) in [6.45, 7) is 2.07. The number of hydrogen-bond acceptors (Lipinski definition) is 4. The molecule has 0 unspecified atom stereocenters. The smallest absolute Gasteiger partial charge is 0.322 e. The van der Waals surface area contributed by atoms with Crippen molar-refractivity contribution in [1.29, 1.82) is 0 Å². The Morgan fingerprint density at radius 1 is 1.00 bits per heavy atom. The topological polar surface area (TPSA) is 116 Å². The lowest BCUT2D eigenvalue weighted by molar-refractivity contribution is -0.129. The second-order valence-corrected chi connectivity index (χ2v) is 8.19. The normalized spacial score (nSPS) is 21.8. The minimum Gasteiger partial charge on any atom is -0.350 e. The van der Waals surface area contributed by atoms with Crippen LogP contribution >= 0.6 is 0 Å². The predicted molar refractivity (Wildman–Crippen MR) is 118 cm³/mol. The molecule has 1 aliphatic heterocycles. The van der Waals surface area contributed by atoms with Crippen LogP contribution in [0.25, 0.3) is 0 Å². The molecule has 2 aromatic carbocycles. The summed E-state index contributed by atoms with van der Waals surface area (Å²) in [5.74, 6) is -1.08. The summed E-state index contributed by atoms with van der Waals surface area (Å²) in [6, 6.07) is 13.2. The van der Waals surface area contributed by atoms with Crippen LogP contribution < -0.4 is 21.3 Å². The third-order valence-electron chi connectivity index (χ3n) is 5.91. The van der Waals surface area contributed by atoms with Crippen LogP contribution in [-0.2, 0) is 33.6 Å². The van der Waals surface area contributed by atoms with Gasteiger partial charge in [0.25, 0.3) is 0 Å². The highest BCUT2D eigenvalue weighted by atomic mass is 16.2. The molecule has 0 bridgehead atoms. The molecule has 8 nitrogen and oxygen atoms in total. The number of benzene rings is 2. The number of nitrogens with one attached hydrogen (secondary N) is 4. The Labute approximate surface area is 186 Å². The third kappa shape index (κ3) is 4.80. The van der Waals surface area contributed by atoms with Gasteiger partial charge in [0.2, 0.25) is 17.7 Å². The Bertz CT molecular complexity index is 1050. The summed E-state index contributed by atoms with van der Waals surface area (Å²) in [7, 11) is 0. The van der Waals surface area contributed by atoms with Gasteiger partial charge in [0, 0.05) is 0 Å². The summed E-state index contributed by atoms with van der Waals surface area (Å²) in [6.07, 6.45) is 1.60. The number of aryl methyl sites for hydroxylation is 1. The van der Waals surface area contributed by atoms with Gasteiger partial charge in [-0.3, -0.25) is 19.7 Å². The van der Waals surface area contributed by atoms with Crippen molar-refractivity contribution in [3.8, 4) is 0 Å². The molecule has 4 rings (SSSR count). The first kappa shape index (κ1) is 21.5. The van der Waals surface area contributed by atoms with Crippen LogP contribution in [0.3, 0.4) is 0 Å². The van der Waals surface area contributed by atoms with E-state index < -0.39 is 29.9 Å². The predicted octanol–water partition coefficient (Wildman–Crippen LogP) is 1.29. The van der Waals surface area contributed by atoms with Gasteiger partial charge in [-0.15, -0.1) is 0 Å². The standard InChI is InChI=1S/C24H26N4O4/c1-2-14-6-5-7-15(10-14)11-20(29)25-18-12-16-8-3-4-9-17(16)22(18)28-23(31)19-13-21(30)27-24(32)26-19/h3-10,18-19,22H,2,11-13H2,1H3,(H,25,29)(H,28,31)(H2,26,27,30,32)/t18-,19+,22-/m1/s1. The summed E-state index contributed by atoms with van der Waals surface area (Å²) in [5, 5.41) is 10.6. The molecule has 1 aliphatic carbocycles. The van der Waals surface area contributed by atoms with Gasteiger partial charge >= 0.3 is 6.03 Å². The fraction of sp³-hybridized carbons (Fsp3) is 0.333. The van der Waals surface area contributed by atoms with Crippen LogP contribution in [-0.4, -0.2) is 35.8 Å². The molecular weight excluding hydrogens is 408 g/mol. The van der Waals surface area contributed by atoms with Crippen LogP contribution in [0, 0.1) is 0 Å². The molecule has 0 aromatic heterocycles. The average molecular weight is 434 g/mol. The van der Waals surface area contributed by atoms with Crippen LogP contribution in [0.1, 0.15) is 41.6 Å². The van der Waals surface area contributed by atoms with Crippen LogP contribution in [0.15, 0.2) is 48.5 Å². The lowest BCUT2D eigenvalue weighted by atomic mass is 10.0. The largest absolute Gasteiger partial charge is 0.350 e. The first-order valence-electron chi connectivity index (χ1n) is 10.8. The number of hydrogen-bond donors (Lipinski definition) is 4. The number of amides is 5. The monoisotopic (exact) mass is 434 g/mol. The van der Waals surface area contributed by atoms with E-state index in [0.29, 0.717) is 6.42 Å². The molecular formula is C24H26N4O4. The minimum atomic E-state index is -0.947. The number of imide groups is 1. The maximum absolute atomic E-state index is 12.8. The molecule has 1 fully saturated rings. The van der Waals surface area contributed by atoms with Crippen molar-refractivity contribution in [1.82, 2.24) is 21.3 Å². The van der Waals surface area contributed by atoms with Gasteiger partial charge in [0.05, 0.1) is 24.9 Å². The number of urea groups is 1. The minimum absolute atomic E-state index is 0.124. The third-order valence-corrected chi connectivity index (χ3v) is 5.91. The van der Waals surface area contributed by atoms with E-state index in [4.69, 9.17) is 0 Å². The SMILES string of the molecule is CCc1cccc(CC(=O)N[C@@H]2Cc3ccccc3[C@H]2NC(=O)[C@@H]2CC(=O)NC(=O)N2)c1. The molecule has 8 heteroatoms. The first-order chi connectivity index (χ1) is 15.4. The molecule has 0 radical (unpaired) electrons. The van der Waals surface area contributed by atoms with Gasteiger partial charge in [-0.2, -0.15) is 0 Å². The second-order valence-electron chi connectivity index (χ2n) is 8.19. The number of fused-ring (bicyclic) bond motifs is 1. The number of carbonyl (C=O) groups excluding carboxylic acids is 4. The fourth-order valence-corrected chi connectivity index (χ4v) is 4.33. The zero-order valence-corrected chi connectivity index (χ0v) is 17.8. The Morgan fingerprint density at radius 3 is 2.56 bits per heavy atom. The molecule has 5 amide bonds. The summed E-state index contributed by atoms with van der Waals surface area (Å²) < 4.78 is 0. The molecule has 0 spiro atoms. The molecule has 32 heavy (non-hydrogen) atoms. The van der Waals surface area contributed by atoms with Crippen LogP contribution in [0.5, 0.6) is 0 Å². The van der Waals surface area contributed by atoms with Crippen molar-refractivity contribution in [2.45, 2.75) is 50.7 Å². The quantitative estimate of drug-likeness (QED) is 0.548.